The van der Waals surface area contributed by atoms with Crippen LogP contribution < -0.4 is 9.62 Å². The van der Waals surface area contributed by atoms with Crippen LogP contribution in [0.25, 0.3) is 0 Å². The minimum Gasteiger partial charge on any atom is -0.355 e. The Morgan fingerprint density at radius 2 is 2.12 bits per heavy atom. The third-order valence-corrected chi connectivity index (χ3v) is 7.20. The normalized spacial score (nSPS) is 18.6. The number of anilines is 2. The Hall–Kier alpha value is -1.67. The van der Waals surface area contributed by atoms with Crippen LogP contribution in [0, 0.1) is 5.92 Å². The molecule has 0 radical (unpaired) electrons. The summed E-state index contributed by atoms with van der Waals surface area (Å²) in [7, 11) is -3.60. The van der Waals surface area contributed by atoms with Crippen LogP contribution in [-0.4, -0.2) is 31.7 Å². The van der Waals surface area contributed by atoms with E-state index in [0.717, 1.165) is 36.6 Å². The molecule has 0 aliphatic carbocycles. The Morgan fingerprint density at radius 3 is 2.75 bits per heavy atom. The van der Waals surface area contributed by atoms with Crippen LogP contribution in [0.5, 0.6) is 0 Å². The molecule has 1 atom stereocenters. The molecule has 3 heterocycles. The maximum Gasteiger partial charge on any atom is 0.272 e. The molecule has 1 saturated heterocycles. The van der Waals surface area contributed by atoms with E-state index in [2.05, 4.69) is 26.7 Å². The lowest BCUT2D eigenvalue weighted by Gasteiger charge is -2.31. The van der Waals surface area contributed by atoms with Gasteiger partial charge in [0.05, 0.1) is 0 Å². The van der Waals surface area contributed by atoms with E-state index in [0.29, 0.717) is 10.1 Å². The Bertz CT molecular complexity index is 787. The largest absolute Gasteiger partial charge is 0.355 e. The van der Waals surface area contributed by atoms with Crippen molar-refractivity contribution >= 4 is 33.0 Å². The number of piperidine rings is 1. The Morgan fingerprint density at radius 1 is 1.29 bits per heavy atom. The maximum absolute atomic E-state index is 12.4. The topological polar surface area (TPSA) is 75.2 Å². The molecule has 0 bridgehead atoms. The number of nitrogens with zero attached hydrogens (tertiary/aromatic N) is 3. The summed E-state index contributed by atoms with van der Waals surface area (Å²) in [5.41, 5.74) is 0. The van der Waals surface area contributed by atoms with Gasteiger partial charge in [-0.15, -0.1) is 21.5 Å². The monoisotopic (exact) mass is 366 g/mol. The summed E-state index contributed by atoms with van der Waals surface area (Å²) in [6.45, 7) is 6.17. The van der Waals surface area contributed by atoms with Crippen molar-refractivity contribution in [1.29, 1.82) is 0 Å². The zero-order valence-corrected chi connectivity index (χ0v) is 15.5. The van der Waals surface area contributed by atoms with Crippen LogP contribution >= 0.6 is 11.3 Å². The number of thiophene rings is 1. The first-order valence-electron chi connectivity index (χ1n) is 8.18. The number of hydrogen-bond acceptors (Lipinski definition) is 6. The fraction of sp³-hybridized carbons (Fsp3) is 0.500. The third-order valence-electron chi connectivity index (χ3n) is 4.12. The summed E-state index contributed by atoms with van der Waals surface area (Å²) in [6, 6.07) is 6.97. The second-order valence-corrected chi connectivity index (χ2v) is 9.23. The van der Waals surface area contributed by atoms with Gasteiger partial charge in [-0.2, -0.15) is 0 Å². The zero-order chi connectivity index (χ0) is 17.2. The van der Waals surface area contributed by atoms with Gasteiger partial charge in [-0.1, -0.05) is 13.8 Å². The molecule has 0 amide bonds. The standard InChI is InChI=1S/C16H22N4O2S2/c1-3-13-6-9-16(23-13)24(21,22)19-14-7-8-15(18-17-14)20-10-4-5-12(2)11-20/h6-9,12H,3-5,10-11H2,1-2H3,(H,17,19). The quantitative estimate of drug-likeness (QED) is 0.880. The number of aryl methyl sites for hydroxylation is 1. The van der Waals surface area contributed by atoms with E-state index in [1.165, 1.54) is 17.8 Å². The van der Waals surface area contributed by atoms with Crippen molar-refractivity contribution in [2.45, 2.75) is 37.3 Å². The van der Waals surface area contributed by atoms with Gasteiger partial charge in [0, 0.05) is 18.0 Å². The van der Waals surface area contributed by atoms with Crippen molar-refractivity contribution in [3.8, 4) is 0 Å². The van der Waals surface area contributed by atoms with Crippen molar-refractivity contribution < 1.29 is 8.42 Å². The highest BCUT2D eigenvalue weighted by Crippen LogP contribution is 2.25. The van der Waals surface area contributed by atoms with Gasteiger partial charge in [-0.25, -0.2) is 8.42 Å². The predicted molar refractivity (Wildman–Crippen MR) is 97.1 cm³/mol. The molecule has 6 nitrogen and oxygen atoms in total. The van der Waals surface area contributed by atoms with E-state index < -0.39 is 10.0 Å². The molecule has 1 aliphatic heterocycles. The lowest BCUT2D eigenvalue weighted by Crippen LogP contribution is -2.34. The molecule has 0 aromatic carbocycles. The highest BCUT2D eigenvalue weighted by atomic mass is 32.2. The van der Waals surface area contributed by atoms with Crippen molar-refractivity contribution in [3.63, 3.8) is 0 Å². The van der Waals surface area contributed by atoms with Crippen LogP contribution in [0.4, 0.5) is 11.6 Å². The van der Waals surface area contributed by atoms with Gasteiger partial charge in [-0.3, -0.25) is 4.72 Å². The summed E-state index contributed by atoms with van der Waals surface area (Å²) in [5.74, 6) is 1.69. The fourth-order valence-corrected chi connectivity index (χ4v) is 5.12. The van der Waals surface area contributed by atoms with E-state index in [9.17, 15) is 8.42 Å². The number of aromatic nitrogens is 2. The number of rotatable bonds is 5. The van der Waals surface area contributed by atoms with E-state index in [1.807, 2.05) is 19.1 Å². The first kappa shape index (κ1) is 17.2. The Balaban J connectivity index is 1.71. The molecule has 24 heavy (non-hydrogen) atoms. The highest BCUT2D eigenvalue weighted by Gasteiger charge is 2.20. The molecule has 130 valence electrons. The SMILES string of the molecule is CCc1ccc(S(=O)(=O)Nc2ccc(N3CCCC(C)C3)nn2)s1. The molecule has 1 unspecified atom stereocenters. The molecule has 8 heteroatoms. The van der Waals surface area contributed by atoms with Crippen LogP contribution in [0.3, 0.4) is 0 Å². The van der Waals surface area contributed by atoms with Crippen molar-refractivity contribution in [2.75, 3.05) is 22.7 Å². The van der Waals surface area contributed by atoms with E-state index in [1.54, 1.807) is 12.1 Å². The van der Waals surface area contributed by atoms with Crippen molar-refractivity contribution in [3.05, 3.63) is 29.1 Å². The van der Waals surface area contributed by atoms with Crippen molar-refractivity contribution in [1.82, 2.24) is 10.2 Å². The van der Waals surface area contributed by atoms with Crippen LogP contribution in [0.2, 0.25) is 0 Å². The predicted octanol–water partition coefficient (Wildman–Crippen LogP) is 3.14. The lowest BCUT2D eigenvalue weighted by molar-refractivity contribution is 0.444. The average Bonchev–Trinajstić information content (AvgIpc) is 3.05. The molecule has 1 fully saturated rings. The Labute approximate surface area is 147 Å². The molecule has 2 aromatic heterocycles. The molecular formula is C16H22N4O2S2. The van der Waals surface area contributed by atoms with E-state index in [4.69, 9.17) is 0 Å². The van der Waals surface area contributed by atoms with Gasteiger partial charge in [0.1, 0.15) is 4.21 Å². The molecule has 1 N–H and O–H groups in total. The van der Waals surface area contributed by atoms with E-state index in [-0.39, 0.29) is 5.82 Å². The summed E-state index contributed by atoms with van der Waals surface area (Å²) in [4.78, 5) is 3.24. The number of nitrogens with one attached hydrogen (secondary N) is 1. The van der Waals surface area contributed by atoms with E-state index >= 15 is 0 Å². The lowest BCUT2D eigenvalue weighted by atomic mass is 10.0. The first-order chi connectivity index (χ1) is 11.5. The fourth-order valence-electron chi connectivity index (χ4n) is 2.83. The molecule has 0 saturated carbocycles. The number of hydrogen-bond donors (Lipinski definition) is 1. The molecular weight excluding hydrogens is 344 g/mol. The van der Waals surface area contributed by atoms with Crippen LogP contribution in [0.15, 0.2) is 28.5 Å². The van der Waals surface area contributed by atoms with Gasteiger partial charge < -0.3 is 4.90 Å². The second-order valence-electron chi connectivity index (χ2n) is 6.15. The van der Waals surface area contributed by atoms with Gasteiger partial charge in [0.2, 0.25) is 0 Å². The third kappa shape index (κ3) is 3.87. The summed E-state index contributed by atoms with van der Waals surface area (Å²) < 4.78 is 27.6. The van der Waals surface area contributed by atoms with Crippen molar-refractivity contribution in [2.24, 2.45) is 5.92 Å². The minimum atomic E-state index is -3.60. The molecule has 2 aromatic rings. The van der Waals surface area contributed by atoms with Crippen LogP contribution in [-0.2, 0) is 16.4 Å². The summed E-state index contributed by atoms with van der Waals surface area (Å²) in [5, 5.41) is 8.23. The smallest absolute Gasteiger partial charge is 0.272 e. The molecule has 0 spiro atoms. The summed E-state index contributed by atoms with van der Waals surface area (Å²) in [6.07, 6.45) is 3.21. The minimum absolute atomic E-state index is 0.246. The summed E-state index contributed by atoms with van der Waals surface area (Å²) >= 11 is 1.28. The molecule has 1 aliphatic rings. The second kappa shape index (κ2) is 7.06. The highest BCUT2D eigenvalue weighted by molar-refractivity contribution is 7.94. The average molecular weight is 367 g/mol. The Kier molecular flexibility index (Phi) is 5.05. The van der Waals surface area contributed by atoms with Gasteiger partial charge in [-0.05, 0) is 49.4 Å². The zero-order valence-electron chi connectivity index (χ0n) is 13.9. The maximum atomic E-state index is 12.4. The van der Waals surface area contributed by atoms with Gasteiger partial charge >= 0.3 is 0 Å². The van der Waals surface area contributed by atoms with Gasteiger partial charge in [0.15, 0.2) is 11.6 Å². The first-order valence-corrected chi connectivity index (χ1v) is 10.5. The molecule has 3 rings (SSSR count). The van der Waals surface area contributed by atoms with Gasteiger partial charge in [0.25, 0.3) is 10.0 Å². The number of sulfonamides is 1. The van der Waals surface area contributed by atoms with Crippen LogP contribution in [0.1, 0.15) is 31.6 Å².